The summed E-state index contributed by atoms with van der Waals surface area (Å²) in [7, 11) is 0. The van der Waals surface area contributed by atoms with Gasteiger partial charge in [-0.25, -0.2) is 0 Å². The quantitative estimate of drug-likeness (QED) is 0.876. The summed E-state index contributed by atoms with van der Waals surface area (Å²) in [5.41, 5.74) is 4.47. The molecule has 0 aliphatic rings. The highest BCUT2D eigenvalue weighted by molar-refractivity contribution is 6.30. The van der Waals surface area contributed by atoms with Crippen LogP contribution < -0.4 is 0 Å². The Kier molecular flexibility index (Phi) is 4.05. The van der Waals surface area contributed by atoms with Gasteiger partial charge in [-0.1, -0.05) is 47.5 Å². The van der Waals surface area contributed by atoms with Crippen molar-refractivity contribution in [2.45, 2.75) is 26.4 Å². The lowest BCUT2D eigenvalue weighted by Gasteiger charge is -2.14. The number of hydrogen-bond donors (Lipinski definition) is 1. The van der Waals surface area contributed by atoms with Crippen LogP contribution in [0.3, 0.4) is 0 Å². The highest BCUT2D eigenvalue weighted by Gasteiger charge is 2.10. The summed E-state index contributed by atoms with van der Waals surface area (Å²) in [6.45, 7) is 4.13. The number of halogens is 1. The summed E-state index contributed by atoms with van der Waals surface area (Å²) < 4.78 is 0. The van der Waals surface area contributed by atoms with Crippen LogP contribution in [-0.4, -0.2) is 5.11 Å². The van der Waals surface area contributed by atoms with Gasteiger partial charge >= 0.3 is 0 Å². The fraction of sp³-hybridized carbons (Fsp3) is 0.250. The first kappa shape index (κ1) is 13.1. The van der Waals surface area contributed by atoms with Crippen molar-refractivity contribution in [1.82, 2.24) is 0 Å². The Morgan fingerprint density at radius 3 is 2.61 bits per heavy atom. The molecule has 0 aromatic heterocycles. The highest BCUT2D eigenvalue weighted by atomic mass is 35.5. The second kappa shape index (κ2) is 5.55. The lowest BCUT2D eigenvalue weighted by Crippen LogP contribution is -2.03. The molecule has 0 saturated heterocycles. The Labute approximate surface area is 113 Å². The van der Waals surface area contributed by atoms with Crippen molar-refractivity contribution in [3.8, 4) is 0 Å². The first-order valence-corrected chi connectivity index (χ1v) is 6.44. The second-order valence-corrected chi connectivity index (χ2v) is 5.14. The van der Waals surface area contributed by atoms with E-state index in [0.717, 1.165) is 5.56 Å². The number of rotatable bonds is 3. The van der Waals surface area contributed by atoms with Crippen LogP contribution in [-0.2, 0) is 6.42 Å². The van der Waals surface area contributed by atoms with E-state index in [4.69, 9.17) is 11.6 Å². The summed E-state index contributed by atoms with van der Waals surface area (Å²) in [6, 6.07) is 13.7. The minimum atomic E-state index is -0.510. The van der Waals surface area contributed by atoms with Crippen molar-refractivity contribution in [2.24, 2.45) is 0 Å². The molecule has 2 heteroatoms. The number of aliphatic hydroxyl groups excluding tert-OH is 1. The Morgan fingerprint density at radius 2 is 1.89 bits per heavy atom. The van der Waals surface area contributed by atoms with Crippen LogP contribution in [0, 0.1) is 13.8 Å². The van der Waals surface area contributed by atoms with E-state index in [2.05, 4.69) is 32.0 Å². The van der Waals surface area contributed by atoms with Gasteiger partial charge < -0.3 is 5.11 Å². The molecular formula is C16H17ClO. The fourth-order valence-electron chi connectivity index (χ4n) is 2.06. The van der Waals surface area contributed by atoms with Gasteiger partial charge in [-0.2, -0.15) is 0 Å². The summed E-state index contributed by atoms with van der Waals surface area (Å²) in [5, 5.41) is 10.9. The van der Waals surface area contributed by atoms with Gasteiger partial charge in [0.15, 0.2) is 0 Å². The molecular weight excluding hydrogens is 244 g/mol. The molecule has 18 heavy (non-hydrogen) atoms. The maximum absolute atomic E-state index is 10.3. The molecule has 1 N–H and O–H groups in total. The average Bonchev–Trinajstić information content (AvgIpc) is 2.34. The molecule has 0 bridgehead atoms. The Balaban J connectivity index is 2.21. The minimum absolute atomic E-state index is 0.510. The van der Waals surface area contributed by atoms with Gasteiger partial charge in [0.25, 0.3) is 0 Å². The van der Waals surface area contributed by atoms with E-state index in [-0.39, 0.29) is 0 Å². The molecule has 2 aromatic rings. The van der Waals surface area contributed by atoms with Crippen molar-refractivity contribution in [1.29, 1.82) is 0 Å². The molecule has 0 radical (unpaired) electrons. The monoisotopic (exact) mass is 260 g/mol. The summed E-state index contributed by atoms with van der Waals surface area (Å²) in [6.07, 6.45) is 0.109. The normalized spacial score (nSPS) is 12.4. The van der Waals surface area contributed by atoms with E-state index in [1.165, 1.54) is 16.7 Å². The summed E-state index contributed by atoms with van der Waals surface area (Å²) >= 11 is 5.94. The van der Waals surface area contributed by atoms with Crippen molar-refractivity contribution in [3.63, 3.8) is 0 Å². The predicted octanol–water partition coefficient (Wildman–Crippen LogP) is 4.23. The van der Waals surface area contributed by atoms with Crippen LogP contribution in [0.4, 0.5) is 0 Å². The molecule has 0 heterocycles. The molecule has 0 saturated carbocycles. The second-order valence-electron chi connectivity index (χ2n) is 4.70. The number of aliphatic hydroxyl groups is 1. The van der Waals surface area contributed by atoms with Crippen LogP contribution in [0.25, 0.3) is 0 Å². The highest BCUT2D eigenvalue weighted by Crippen LogP contribution is 2.23. The summed E-state index contributed by atoms with van der Waals surface area (Å²) in [4.78, 5) is 0. The van der Waals surface area contributed by atoms with E-state index >= 15 is 0 Å². The number of benzene rings is 2. The molecule has 0 aliphatic carbocycles. The number of hydrogen-bond acceptors (Lipinski definition) is 1. The Bertz CT molecular complexity index is 549. The number of aryl methyl sites for hydroxylation is 2. The SMILES string of the molecule is Cc1ccc(C)c(CC(O)c2cccc(Cl)c2)c1. The van der Waals surface area contributed by atoms with Gasteiger partial charge in [-0.05, 0) is 42.7 Å². The van der Waals surface area contributed by atoms with Gasteiger partial charge in [0, 0.05) is 11.4 Å². The third kappa shape index (κ3) is 3.12. The average molecular weight is 261 g/mol. The zero-order valence-corrected chi connectivity index (χ0v) is 11.4. The fourth-order valence-corrected chi connectivity index (χ4v) is 2.26. The molecule has 0 spiro atoms. The van der Waals surface area contributed by atoms with Gasteiger partial charge in [0.1, 0.15) is 0 Å². The van der Waals surface area contributed by atoms with Crippen LogP contribution in [0.15, 0.2) is 42.5 Å². The van der Waals surface area contributed by atoms with Crippen LogP contribution in [0.5, 0.6) is 0 Å². The molecule has 0 amide bonds. The van der Waals surface area contributed by atoms with E-state index in [1.54, 1.807) is 0 Å². The first-order chi connectivity index (χ1) is 8.56. The topological polar surface area (TPSA) is 20.2 Å². The molecule has 2 aromatic carbocycles. The lowest BCUT2D eigenvalue weighted by atomic mass is 9.97. The minimum Gasteiger partial charge on any atom is -0.388 e. The largest absolute Gasteiger partial charge is 0.388 e. The predicted molar refractivity (Wildman–Crippen MR) is 76.0 cm³/mol. The molecule has 2 rings (SSSR count). The summed E-state index contributed by atoms with van der Waals surface area (Å²) in [5.74, 6) is 0. The zero-order valence-electron chi connectivity index (χ0n) is 10.7. The van der Waals surface area contributed by atoms with Crippen molar-refractivity contribution in [2.75, 3.05) is 0 Å². The maximum atomic E-state index is 10.3. The van der Waals surface area contributed by atoms with E-state index in [0.29, 0.717) is 11.4 Å². The van der Waals surface area contributed by atoms with Crippen molar-refractivity contribution in [3.05, 3.63) is 69.7 Å². The smallest absolute Gasteiger partial charge is 0.0830 e. The molecule has 1 unspecified atom stereocenters. The van der Waals surface area contributed by atoms with Gasteiger partial charge in [-0.3, -0.25) is 0 Å². The third-order valence-corrected chi connectivity index (χ3v) is 3.39. The van der Waals surface area contributed by atoms with Crippen molar-refractivity contribution < 1.29 is 5.11 Å². The van der Waals surface area contributed by atoms with Crippen LogP contribution in [0.1, 0.15) is 28.4 Å². The molecule has 94 valence electrons. The van der Waals surface area contributed by atoms with E-state index in [1.807, 2.05) is 24.3 Å². The van der Waals surface area contributed by atoms with E-state index in [9.17, 15) is 5.11 Å². The molecule has 0 aliphatic heterocycles. The standard InChI is InChI=1S/C16H17ClO/c1-11-6-7-12(2)14(8-11)10-16(18)13-4-3-5-15(17)9-13/h3-9,16,18H,10H2,1-2H3. The van der Waals surface area contributed by atoms with Crippen molar-refractivity contribution >= 4 is 11.6 Å². The molecule has 1 nitrogen and oxygen atoms in total. The maximum Gasteiger partial charge on any atom is 0.0830 e. The molecule has 1 atom stereocenters. The van der Waals surface area contributed by atoms with Gasteiger partial charge in [0.2, 0.25) is 0 Å². The van der Waals surface area contributed by atoms with Gasteiger partial charge in [-0.15, -0.1) is 0 Å². The Hall–Kier alpha value is -1.31. The Morgan fingerprint density at radius 1 is 1.11 bits per heavy atom. The van der Waals surface area contributed by atoms with E-state index < -0.39 is 6.10 Å². The molecule has 0 fully saturated rings. The van der Waals surface area contributed by atoms with Crippen LogP contribution >= 0.6 is 11.6 Å². The van der Waals surface area contributed by atoms with Gasteiger partial charge in [0.05, 0.1) is 6.10 Å². The third-order valence-electron chi connectivity index (χ3n) is 3.15. The first-order valence-electron chi connectivity index (χ1n) is 6.06. The lowest BCUT2D eigenvalue weighted by molar-refractivity contribution is 0.178. The van der Waals surface area contributed by atoms with Crippen LogP contribution in [0.2, 0.25) is 5.02 Å². The zero-order chi connectivity index (χ0) is 13.1.